The highest BCUT2D eigenvalue weighted by atomic mass is 79.9. The Balaban J connectivity index is 0.000000193. The number of hydrogen-bond acceptors (Lipinski definition) is 5. The van der Waals surface area contributed by atoms with Crippen molar-refractivity contribution in [2.24, 2.45) is 11.5 Å². The van der Waals surface area contributed by atoms with Crippen molar-refractivity contribution < 1.29 is 24.5 Å². The number of carbonyl (C=O) groups is 2. The van der Waals surface area contributed by atoms with Gasteiger partial charge in [-0.2, -0.15) is 0 Å². The molecule has 2 aromatic heterocycles. The molecule has 0 aliphatic carbocycles. The summed E-state index contributed by atoms with van der Waals surface area (Å²) in [4.78, 5) is 27.9. The lowest BCUT2D eigenvalue weighted by Crippen LogP contribution is -2.32. The number of aliphatic carboxylic acids is 2. The van der Waals surface area contributed by atoms with Crippen LogP contribution in [0.4, 0.5) is 0 Å². The third-order valence-electron chi connectivity index (χ3n) is 6.26. The van der Waals surface area contributed by atoms with Crippen LogP contribution in [-0.4, -0.2) is 44.2 Å². The zero-order chi connectivity index (χ0) is 27.9. The molecule has 0 amide bonds. The standard InChI is InChI=1S/C18H18N2O3.C11H11BrN2O2/c19-15(18(21)22)9-13-10-20-17-14(13)7-4-8-16(17)23-11-12-5-2-1-3-6-12;12-8-3-1-2-7-6(5-14-10(7)8)4-9(13)11(15)16/h1-8,10,15,20H,9,11,19H2,(H,21,22);1-3,5,9,14H,4,13H2,(H,15,16)/t15-;9-/m00/s1. The van der Waals surface area contributed by atoms with E-state index in [1.165, 1.54) is 0 Å². The fourth-order valence-corrected chi connectivity index (χ4v) is 4.68. The summed E-state index contributed by atoms with van der Waals surface area (Å²) in [6.07, 6.45) is 4.20. The highest BCUT2D eigenvalue weighted by molar-refractivity contribution is 9.10. The van der Waals surface area contributed by atoms with Gasteiger partial charge in [0, 0.05) is 40.5 Å². The smallest absolute Gasteiger partial charge is 0.320 e. The van der Waals surface area contributed by atoms with Crippen LogP contribution >= 0.6 is 15.9 Å². The van der Waals surface area contributed by atoms with Crippen LogP contribution in [0.3, 0.4) is 0 Å². The van der Waals surface area contributed by atoms with Gasteiger partial charge in [-0.15, -0.1) is 0 Å². The minimum absolute atomic E-state index is 0.275. The van der Waals surface area contributed by atoms with Crippen LogP contribution < -0.4 is 16.2 Å². The Morgan fingerprint density at radius 2 is 1.31 bits per heavy atom. The molecular weight excluding hydrogens is 564 g/mol. The highest BCUT2D eigenvalue weighted by Crippen LogP contribution is 2.29. The van der Waals surface area contributed by atoms with Crippen molar-refractivity contribution in [3.8, 4) is 5.75 Å². The number of aromatic nitrogens is 2. The van der Waals surface area contributed by atoms with Crippen LogP contribution in [-0.2, 0) is 29.0 Å². The molecule has 2 atom stereocenters. The molecule has 8 N–H and O–H groups in total. The average Bonchev–Trinajstić information content (AvgIpc) is 3.53. The van der Waals surface area contributed by atoms with Crippen LogP contribution in [0.5, 0.6) is 5.75 Å². The van der Waals surface area contributed by atoms with E-state index in [4.69, 9.17) is 26.4 Å². The molecule has 0 saturated heterocycles. The zero-order valence-electron chi connectivity index (χ0n) is 20.9. The second-order valence-corrected chi connectivity index (χ2v) is 9.90. The van der Waals surface area contributed by atoms with E-state index < -0.39 is 24.0 Å². The van der Waals surface area contributed by atoms with E-state index >= 15 is 0 Å². The Bertz CT molecular complexity index is 1580. The van der Waals surface area contributed by atoms with E-state index in [1.807, 2.05) is 66.7 Å². The minimum atomic E-state index is -1.00. The topological polar surface area (TPSA) is 167 Å². The maximum Gasteiger partial charge on any atom is 0.320 e. The molecule has 0 bridgehead atoms. The van der Waals surface area contributed by atoms with Gasteiger partial charge in [-0.25, -0.2) is 0 Å². The van der Waals surface area contributed by atoms with Crippen LogP contribution in [0, 0.1) is 0 Å². The van der Waals surface area contributed by atoms with Crippen LogP contribution in [0.25, 0.3) is 21.8 Å². The number of H-pyrrole nitrogens is 2. The summed E-state index contributed by atoms with van der Waals surface area (Å²) in [7, 11) is 0. The number of rotatable bonds is 9. The SMILES string of the molecule is N[C@@H](Cc1c[nH]c2c(Br)cccc12)C(=O)O.N[C@@H](Cc1c[nH]c2c(OCc3ccccc3)cccc12)C(=O)O. The number of fused-ring (bicyclic) bond motifs is 2. The Labute approximate surface area is 232 Å². The Hall–Kier alpha value is -4.12. The monoisotopic (exact) mass is 592 g/mol. The van der Waals surface area contributed by atoms with Crippen LogP contribution in [0.1, 0.15) is 16.7 Å². The lowest BCUT2D eigenvalue weighted by atomic mass is 10.1. The number of nitrogens with two attached hydrogens (primary N) is 2. The van der Waals surface area contributed by atoms with E-state index in [-0.39, 0.29) is 6.42 Å². The molecule has 2 heterocycles. The molecule has 0 aliphatic rings. The zero-order valence-corrected chi connectivity index (χ0v) is 22.5. The van der Waals surface area contributed by atoms with Gasteiger partial charge in [0.2, 0.25) is 0 Å². The lowest BCUT2D eigenvalue weighted by Gasteiger charge is -2.08. The van der Waals surface area contributed by atoms with Gasteiger partial charge in [-0.05, 0) is 44.8 Å². The van der Waals surface area contributed by atoms with Gasteiger partial charge >= 0.3 is 11.9 Å². The average molecular weight is 593 g/mol. The van der Waals surface area contributed by atoms with E-state index in [0.29, 0.717) is 13.0 Å². The largest absolute Gasteiger partial charge is 0.487 e. The quantitative estimate of drug-likeness (QED) is 0.145. The summed E-state index contributed by atoms with van der Waals surface area (Å²) in [5, 5.41) is 19.7. The summed E-state index contributed by atoms with van der Waals surface area (Å²) in [5.41, 5.74) is 15.8. The molecule has 3 aromatic carbocycles. The fourth-order valence-electron chi connectivity index (χ4n) is 4.20. The van der Waals surface area contributed by atoms with Crippen LogP contribution in [0.15, 0.2) is 83.6 Å². The molecule has 0 aliphatic heterocycles. The van der Waals surface area contributed by atoms with Crippen molar-refractivity contribution in [2.45, 2.75) is 31.5 Å². The van der Waals surface area contributed by atoms with Gasteiger partial charge < -0.3 is 36.4 Å². The predicted octanol–water partition coefficient (Wildman–Crippen LogP) is 4.59. The van der Waals surface area contributed by atoms with E-state index in [9.17, 15) is 9.59 Å². The number of halogens is 1. The van der Waals surface area contributed by atoms with Crippen molar-refractivity contribution in [2.75, 3.05) is 0 Å². The first-order valence-corrected chi connectivity index (χ1v) is 13.0. The van der Waals surface area contributed by atoms with Gasteiger partial charge in [0.25, 0.3) is 0 Å². The number of aromatic amines is 2. The van der Waals surface area contributed by atoms with Crippen molar-refractivity contribution >= 4 is 49.7 Å². The predicted molar refractivity (Wildman–Crippen MR) is 154 cm³/mol. The first kappa shape index (κ1) is 27.9. The number of carboxylic acid groups (broad SMARTS) is 2. The molecule has 0 fully saturated rings. The lowest BCUT2D eigenvalue weighted by molar-refractivity contribution is -0.139. The Morgan fingerprint density at radius 1 is 0.769 bits per heavy atom. The summed E-state index contributed by atoms with van der Waals surface area (Å²) >= 11 is 3.43. The highest BCUT2D eigenvalue weighted by Gasteiger charge is 2.17. The van der Waals surface area contributed by atoms with Gasteiger partial charge in [0.1, 0.15) is 24.4 Å². The Kier molecular flexibility index (Phi) is 9.03. The summed E-state index contributed by atoms with van der Waals surface area (Å²) in [5.74, 6) is -1.25. The maximum absolute atomic E-state index is 10.9. The van der Waals surface area contributed by atoms with E-state index in [1.54, 1.807) is 12.4 Å². The summed E-state index contributed by atoms with van der Waals surface area (Å²) in [6.45, 7) is 0.475. The van der Waals surface area contributed by atoms with Crippen molar-refractivity contribution in [1.82, 2.24) is 9.97 Å². The molecular formula is C29H29BrN4O5. The first-order valence-electron chi connectivity index (χ1n) is 12.2. The molecule has 0 unspecified atom stereocenters. The molecule has 0 spiro atoms. The normalized spacial score (nSPS) is 12.5. The number of hydrogen-bond donors (Lipinski definition) is 6. The molecule has 39 heavy (non-hydrogen) atoms. The third-order valence-corrected chi connectivity index (χ3v) is 6.93. The van der Waals surface area contributed by atoms with Crippen molar-refractivity contribution in [3.63, 3.8) is 0 Å². The van der Waals surface area contributed by atoms with Gasteiger partial charge in [-0.3, -0.25) is 9.59 Å². The van der Waals surface area contributed by atoms with Crippen molar-refractivity contribution in [3.05, 3.63) is 100 Å². The molecule has 5 aromatic rings. The maximum atomic E-state index is 10.9. The molecule has 202 valence electrons. The first-order chi connectivity index (χ1) is 18.7. The molecule has 10 heteroatoms. The van der Waals surface area contributed by atoms with Gasteiger partial charge in [-0.1, -0.05) is 54.6 Å². The molecule has 0 radical (unpaired) electrons. The molecule has 9 nitrogen and oxygen atoms in total. The van der Waals surface area contributed by atoms with Crippen molar-refractivity contribution in [1.29, 1.82) is 0 Å². The third kappa shape index (κ3) is 6.85. The minimum Gasteiger partial charge on any atom is -0.487 e. The Morgan fingerprint density at radius 3 is 1.90 bits per heavy atom. The summed E-state index contributed by atoms with van der Waals surface area (Å²) < 4.78 is 6.85. The number of nitrogens with one attached hydrogen (secondary N) is 2. The molecule has 5 rings (SSSR count). The number of benzene rings is 3. The van der Waals surface area contributed by atoms with Crippen LogP contribution in [0.2, 0.25) is 0 Å². The summed E-state index contributed by atoms with van der Waals surface area (Å²) in [6, 6.07) is 19.7. The second kappa shape index (κ2) is 12.6. The van der Waals surface area contributed by atoms with Gasteiger partial charge in [0.05, 0.1) is 11.0 Å². The van der Waals surface area contributed by atoms with Gasteiger partial charge in [0.15, 0.2) is 0 Å². The second-order valence-electron chi connectivity index (χ2n) is 9.04. The number of para-hydroxylation sites is 2. The number of ether oxygens (including phenoxy) is 1. The fraction of sp³-hybridized carbons (Fsp3) is 0.172. The number of carboxylic acids is 2. The molecule has 0 saturated carbocycles. The van der Waals surface area contributed by atoms with E-state index in [0.717, 1.165) is 48.7 Å². The van der Waals surface area contributed by atoms with E-state index in [2.05, 4.69) is 25.9 Å².